The zero-order chi connectivity index (χ0) is 22.8. The van der Waals surface area contributed by atoms with Crippen LogP contribution in [0.3, 0.4) is 0 Å². The molecule has 166 valence electrons. The van der Waals surface area contributed by atoms with Gasteiger partial charge in [-0.1, -0.05) is 35.3 Å². The minimum atomic E-state index is -0.252. The molecule has 1 fully saturated rings. The molecule has 1 aliphatic rings. The first kappa shape index (κ1) is 22.6. The number of likely N-dealkylation sites (tertiary alicyclic amines) is 1. The Balaban J connectivity index is 1.73. The van der Waals surface area contributed by atoms with Gasteiger partial charge in [-0.15, -0.1) is 0 Å². The van der Waals surface area contributed by atoms with Gasteiger partial charge in [0.2, 0.25) is 6.41 Å². The molecule has 1 saturated heterocycles. The van der Waals surface area contributed by atoms with Gasteiger partial charge in [-0.25, -0.2) is 9.37 Å². The maximum atomic E-state index is 13.4. The van der Waals surface area contributed by atoms with Gasteiger partial charge in [0.1, 0.15) is 11.0 Å². The second-order valence-electron chi connectivity index (χ2n) is 8.22. The first-order chi connectivity index (χ1) is 15.4. The maximum absolute atomic E-state index is 13.4. The molecule has 3 aromatic rings. The van der Waals surface area contributed by atoms with Crippen molar-refractivity contribution >= 4 is 41.0 Å². The molecular weight excluding hydrogens is 448 g/mol. The number of piperidine rings is 1. The number of hydrogen-bond acceptors (Lipinski definition) is 3. The van der Waals surface area contributed by atoms with Crippen LogP contribution < -0.4 is 5.32 Å². The van der Waals surface area contributed by atoms with Gasteiger partial charge in [0, 0.05) is 34.6 Å². The van der Waals surface area contributed by atoms with E-state index in [1.165, 1.54) is 12.1 Å². The largest absolute Gasteiger partial charge is 0.355 e. The zero-order valence-corrected chi connectivity index (χ0v) is 19.4. The van der Waals surface area contributed by atoms with Crippen molar-refractivity contribution in [2.75, 3.05) is 11.9 Å². The first-order valence-corrected chi connectivity index (χ1v) is 11.3. The number of halogens is 3. The van der Waals surface area contributed by atoms with Gasteiger partial charge in [0.15, 0.2) is 0 Å². The predicted molar refractivity (Wildman–Crippen MR) is 127 cm³/mol. The van der Waals surface area contributed by atoms with E-state index in [9.17, 15) is 9.18 Å². The number of nitrogens with zero attached hydrogens (tertiary/aromatic N) is 2. The molecule has 2 unspecified atom stereocenters. The van der Waals surface area contributed by atoms with E-state index in [-0.39, 0.29) is 17.8 Å². The van der Waals surface area contributed by atoms with E-state index in [2.05, 4.69) is 10.3 Å². The molecule has 0 spiro atoms. The number of amides is 1. The van der Waals surface area contributed by atoms with Crippen molar-refractivity contribution in [3.63, 3.8) is 0 Å². The Bertz CT molecular complexity index is 1140. The minimum Gasteiger partial charge on any atom is -0.355 e. The van der Waals surface area contributed by atoms with Gasteiger partial charge in [-0.05, 0) is 74.1 Å². The van der Waals surface area contributed by atoms with Crippen molar-refractivity contribution in [1.82, 2.24) is 9.88 Å². The van der Waals surface area contributed by atoms with Crippen molar-refractivity contribution < 1.29 is 9.18 Å². The van der Waals surface area contributed by atoms with Crippen molar-refractivity contribution in [3.05, 3.63) is 86.9 Å². The van der Waals surface area contributed by atoms with E-state index in [1.807, 2.05) is 49.1 Å². The summed E-state index contributed by atoms with van der Waals surface area (Å²) in [6.07, 6.45) is 4.17. The fourth-order valence-electron chi connectivity index (χ4n) is 4.38. The molecule has 0 saturated carbocycles. The van der Waals surface area contributed by atoms with E-state index in [0.717, 1.165) is 46.5 Å². The van der Waals surface area contributed by atoms with Crippen LogP contribution in [0, 0.1) is 19.7 Å². The minimum absolute atomic E-state index is 0.185. The number of pyridine rings is 1. The average molecular weight is 472 g/mol. The number of rotatable bonds is 5. The number of hydrogen-bond donors (Lipinski definition) is 1. The Hall–Kier alpha value is -2.63. The fraction of sp³-hybridized carbons (Fsp3) is 0.280. The quantitative estimate of drug-likeness (QED) is 0.322. The summed E-state index contributed by atoms with van der Waals surface area (Å²) in [5, 5.41) is 4.58. The maximum Gasteiger partial charge on any atom is 0.210 e. The third-order valence-corrected chi connectivity index (χ3v) is 6.83. The molecule has 4 rings (SSSR count). The molecule has 7 heteroatoms. The lowest BCUT2D eigenvalue weighted by Crippen LogP contribution is -2.35. The number of anilines is 2. The lowest BCUT2D eigenvalue weighted by atomic mass is 9.82. The Labute approximate surface area is 197 Å². The molecule has 32 heavy (non-hydrogen) atoms. The predicted octanol–water partition coefficient (Wildman–Crippen LogP) is 6.97. The van der Waals surface area contributed by atoms with Crippen molar-refractivity contribution in [2.45, 2.75) is 38.6 Å². The van der Waals surface area contributed by atoms with E-state index < -0.39 is 0 Å². The van der Waals surface area contributed by atoms with Crippen LogP contribution >= 0.6 is 23.2 Å². The molecule has 0 radical (unpaired) electrons. The third-order valence-electron chi connectivity index (χ3n) is 6.22. The summed E-state index contributed by atoms with van der Waals surface area (Å²) in [5.74, 6) is -0.0455. The highest BCUT2D eigenvalue weighted by atomic mass is 35.5. The van der Waals surface area contributed by atoms with Gasteiger partial charge >= 0.3 is 0 Å². The normalized spacial score (nSPS) is 18.5. The summed E-state index contributed by atoms with van der Waals surface area (Å²) in [6, 6.07) is 12.1. The lowest BCUT2D eigenvalue weighted by molar-refractivity contribution is -0.121. The molecule has 0 bridgehead atoms. The molecule has 2 aromatic carbocycles. The third kappa shape index (κ3) is 4.59. The molecule has 4 nitrogen and oxygen atoms in total. The smallest absolute Gasteiger partial charge is 0.210 e. The molecule has 1 N–H and O–H groups in total. The highest BCUT2D eigenvalue weighted by Crippen LogP contribution is 2.43. The number of nitrogens with one attached hydrogen (secondary N) is 1. The summed E-state index contributed by atoms with van der Waals surface area (Å²) in [5.41, 5.74) is 5.53. The SMILES string of the molecule is Cc1cc(Cl)ccc1Nc1c(C2CC(c3ccc(F)cc3)CCN2C=O)cnc(Cl)c1C. The molecule has 1 aromatic heterocycles. The average Bonchev–Trinajstić information content (AvgIpc) is 2.79. The lowest BCUT2D eigenvalue weighted by Gasteiger charge is -2.38. The van der Waals surface area contributed by atoms with Crippen LogP contribution in [-0.4, -0.2) is 22.8 Å². The Morgan fingerprint density at radius 3 is 2.59 bits per heavy atom. The fourth-order valence-corrected chi connectivity index (χ4v) is 4.75. The second kappa shape index (κ2) is 9.47. The Morgan fingerprint density at radius 2 is 1.91 bits per heavy atom. The molecule has 2 atom stereocenters. The van der Waals surface area contributed by atoms with Gasteiger partial charge in [-0.2, -0.15) is 0 Å². The standard InChI is InChI=1S/C25H24Cl2FN3O/c1-15-11-19(26)5-8-22(15)30-24-16(2)25(27)29-13-21(24)23-12-18(9-10-31(23)14-32)17-3-6-20(28)7-4-17/h3-8,11,13-14,18,23H,9-10,12H2,1-2H3,(H,29,30). The molecular formula is C25H24Cl2FN3O. The van der Waals surface area contributed by atoms with E-state index in [0.29, 0.717) is 23.1 Å². The van der Waals surface area contributed by atoms with E-state index in [1.54, 1.807) is 6.20 Å². The zero-order valence-electron chi connectivity index (χ0n) is 17.9. The molecule has 0 aliphatic carbocycles. The summed E-state index contributed by atoms with van der Waals surface area (Å²) < 4.78 is 13.4. The van der Waals surface area contributed by atoms with Crippen molar-refractivity contribution in [2.24, 2.45) is 0 Å². The van der Waals surface area contributed by atoms with Gasteiger partial charge in [0.05, 0.1) is 11.7 Å². The molecule has 1 amide bonds. The van der Waals surface area contributed by atoms with Crippen LogP contribution in [0.4, 0.5) is 15.8 Å². The highest BCUT2D eigenvalue weighted by molar-refractivity contribution is 6.31. The van der Waals surface area contributed by atoms with Crippen LogP contribution in [0.25, 0.3) is 0 Å². The molecule has 2 heterocycles. The van der Waals surface area contributed by atoms with Gasteiger partial charge in [-0.3, -0.25) is 4.79 Å². The van der Waals surface area contributed by atoms with E-state index in [4.69, 9.17) is 23.2 Å². The number of aromatic nitrogens is 1. The van der Waals surface area contributed by atoms with Gasteiger partial charge in [0.25, 0.3) is 0 Å². The van der Waals surface area contributed by atoms with Crippen molar-refractivity contribution in [3.8, 4) is 0 Å². The summed E-state index contributed by atoms with van der Waals surface area (Å²) in [7, 11) is 0. The highest BCUT2D eigenvalue weighted by Gasteiger charge is 2.32. The second-order valence-corrected chi connectivity index (χ2v) is 9.01. The molecule has 1 aliphatic heterocycles. The van der Waals surface area contributed by atoms with Crippen LogP contribution in [0.15, 0.2) is 48.7 Å². The van der Waals surface area contributed by atoms with Crippen molar-refractivity contribution in [1.29, 1.82) is 0 Å². The van der Waals surface area contributed by atoms with Crippen LogP contribution in [-0.2, 0) is 4.79 Å². The van der Waals surface area contributed by atoms with Gasteiger partial charge < -0.3 is 10.2 Å². The van der Waals surface area contributed by atoms with E-state index >= 15 is 0 Å². The first-order valence-electron chi connectivity index (χ1n) is 10.5. The summed E-state index contributed by atoms with van der Waals surface area (Å²) >= 11 is 12.5. The number of aryl methyl sites for hydroxylation is 1. The Morgan fingerprint density at radius 1 is 1.16 bits per heavy atom. The monoisotopic (exact) mass is 471 g/mol. The number of benzene rings is 2. The number of carbonyl (C=O) groups excluding carboxylic acids is 1. The summed E-state index contributed by atoms with van der Waals surface area (Å²) in [4.78, 5) is 18.1. The number of carbonyl (C=O) groups is 1. The summed E-state index contributed by atoms with van der Waals surface area (Å²) in [6.45, 7) is 4.50. The Kier molecular flexibility index (Phi) is 6.68. The van der Waals surface area contributed by atoms with Crippen LogP contribution in [0.5, 0.6) is 0 Å². The topological polar surface area (TPSA) is 45.2 Å². The van der Waals surface area contributed by atoms with Crippen LogP contribution in [0.2, 0.25) is 10.2 Å². The van der Waals surface area contributed by atoms with Crippen LogP contribution in [0.1, 0.15) is 47.1 Å².